The Balaban J connectivity index is 0.00000264. The van der Waals surface area contributed by atoms with Crippen LogP contribution < -0.4 is 11.1 Å². The van der Waals surface area contributed by atoms with Gasteiger partial charge in [-0.05, 0) is 48.9 Å². The number of nitrogens with zero attached hydrogens (tertiary/aromatic N) is 1. The molecule has 0 spiro atoms. The predicted molar refractivity (Wildman–Crippen MR) is 99.2 cm³/mol. The molecule has 1 amide bonds. The lowest BCUT2D eigenvalue weighted by atomic mass is 9.91. The summed E-state index contributed by atoms with van der Waals surface area (Å²) in [4.78, 5) is 14.6. The summed E-state index contributed by atoms with van der Waals surface area (Å²) in [5.41, 5.74) is 8.01. The number of hydrogen-bond donors (Lipinski definition) is 2. The number of hydrogen-bond acceptors (Lipinski definition) is 3. The molecule has 3 N–H and O–H groups in total. The van der Waals surface area contributed by atoms with Crippen molar-refractivity contribution in [3.63, 3.8) is 0 Å². The molecular formula is C18H30ClN3O. The van der Waals surface area contributed by atoms with E-state index in [9.17, 15) is 4.79 Å². The second-order valence-corrected chi connectivity index (χ2v) is 6.72. The zero-order chi connectivity index (χ0) is 16.1. The van der Waals surface area contributed by atoms with Crippen LogP contribution in [0.1, 0.15) is 45.1 Å². The Labute approximate surface area is 146 Å². The van der Waals surface area contributed by atoms with Crippen molar-refractivity contribution in [1.82, 2.24) is 4.90 Å². The van der Waals surface area contributed by atoms with Gasteiger partial charge in [-0.3, -0.25) is 9.69 Å². The van der Waals surface area contributed by atoms with E-state index in [1.54, 1.807) is 0 Å². The molecule has 1 aromatic carbocycles. The van der Waals surface area contributed by atoms with Crippen LogP contribution in [0.5, 0.6) is 0 Å². The lowest BCUT2D eigenvalue weighted by Gasteiger charge is -2.38. The zero-order valence-corrected chi connectivity index (χ0v) is 15.2. The second-order valence-electron chi connectivity index (χ2n) is 6.72. The third-order valence-corrected chi connectivity index (χ3v) is 4.66. The molecule has 23 heavy (non-hydrogen) atoms. The third-order valence-electron chi connectivity index (χ3n) is 4.66. The van der Waals surface area contributed by atoms with Gasteiger partial charge in [-0.25, -0.2) is 0 Å². The molecule has 2 unspecified atom stereocenters. The molecular weight excluding hydrogens is 310 g/mol. The Morgan fingerprint density at radius 3 is 2.83 bits per heavy atom. The molecule has 1 aliphatic rings. The van der Waals surface area contributed by atoms with Crippen LogP contribution in [0.15, 0.2) is 24.3 Å². The van der Waals surface area contributed by atoms with Crippen LogP contribution in [0.2, 0.25) is 0 Å². The molecule has 5 heteroatoms. The Hall–Kier alpha value is -1.10. The van der Waals surface area contributed by atoms with Gasteiger partial charge in [0.1, 0.15) is 0 Å². The lowest BCUT2D eigenvalue weighted by molar-refractivity contribution is -0.118. The maximum absolute atomic E-state index is 12.3. The highest BCUT2D eigenvalue weighted by atomic mass is 35.5. The molecule has 1 fully saturated rings. The van der Waals surface area contributed by atoms with E-state index in [1.165, 1.54) is 12.0 Å². The average molecular weight is 340 g/mol. The summed E-state index contributed by atoms with van der Waals surface area (Å²) in [7, 11) is 0. The van der Waals surface area contributed by atoms with Crippen molar-refractivity contribution in [3.8, 4) is 0 Å². The van der Waals surface area contributed by atoms with Crippen molar-refractivity contribution in [2.75, 3.05) is 25.0 Å². The number of carbonyl (C=O) groups is 1. The maximum Gasteiger partial charge on any atom is 0.238 e. The van der Waals surface area contributed by atoms with Gasteiger partial charge in [-0.15, -0.1) is 12.4 Å². The Morgan fingerprint density at radius 2 is 2.17 bits per heavy atom. The number of halogens is 1. The van der Waals surface area contributed by atoms with Gasteiger partial charge < -0.3 is 11.1 Å². The minimum atomic E-state index is 0. The summed E-state index contributed by atoms with van der Waals surface area (Å²) in [6.07, 6.45) is 2.35. The van der Waals surface area contributed by atoms with Crippen LogP contribution in [0.3, 0.4) is 0 Å². The fourth-order valence-corrected chi connectivity index (χ4v) is 3.27. The van der Waals surface area contributed by atoms with Gasteiger partial charge in [0, 0.05) is 18.3 Å². The largest absolute Gasteiger partial charge is 0.329 e. The number of amides is 1. The smallest absolute Gasteiger partial charge is 0.238 e. The molecule has 4 nitrogen and oxygen atoms in total. The minimum Gasteiger partial charge on any atom is -0.329 e. The number of anilines is 1. The highest BCUT2D eigenvalue weighted by Gasteiger charge is 2.28. The molecule has 1 aromatic rings. The molecule has 1 aliphatic heterocycles. The van der Waals surface area contributed by atoms with Crippen LogP contribution in [-0.4, -0.2) is 36.5 Å². The number of piperidine rings is 1. The van der Waals surface area contributed by atoms with Crippen molar-refractivity contribution >= 4 is 24.0 Å². The first-order valence-electron chi connectivity index (χ1n) is 8.35. The van der Waals surface area contributed by atoms with E-state index in [4.69, 9.17) is 5.73 Å². The van der Waals surface area contributed by atoms with Gasteiger partial charge in [-0.2, -0.15) is 0 Å². The van der Waals surface area contributed by atoms with E-state index < -0.39 is 0 Å². The number of rotatable bonds is 5. The van der Waals surface area contributed by atoms with Crippen molar-refractivity contribution in [2.45, 2.75) is 45.6 Å². The molecule has 0 saturated carbocycles. The molecule has 1 heterocycles. The Kier molecular flexibility index (Phi) is 8.03. The quantitative estimate of drug-likeness (QED) is 0.865. The third kappa shape index (κ3) is 5.48. The standard InChI is InChI=1S/C18H29N3O.ClH/c1-13(2)15-7-4-8-16(10-15)20-18(22)12-21-9-5-6-14(3)17(21)11-19;/h4,7-8,10,13-14,17H,5-6,9,11-12,19H2,1-3H3,(H,20,22);1H. The minimum absolute atomic E-state index is 0. The van der Waals surface area contributed by atoms with Crippen LogP contribution in [-0.2, 0) is 4.79 Å². The van der Waals surface area contributed by atoms with E-state index in [-0.39, 0.29) is 18.3 Å². The lowest BCUT2D eigenvalue weighted by Crippen LogP contribution is -2.51. The highest BCUT2D eigenvalue weighted by molar-refractivity contribution is 5.92. The van der Waals surface area contributed by atoms with Crippen molar-refractivity contribution in [3.05, 3.63) is 29.8 Å². The van der Waals surface area contributed by atoms with E-state index in [0.717, 1.165) is 18.7 Å². The average Bonchev–Trinajstić information content (AvgIpc) is 2.47. The van der Waals surface area contributed by atoms with Crippen molar-refractivity contribution in [1.29, 1.82) is 0 Å². The van der Waals surface area contributed by atoms with Crippen molar-refractivity contribution < 1.29 is 4.79 Å². The van der Waals surface area contributed by atoms with Gasteiger partial charge in [0.15, 0.2) is 0 Å². The molecule has 130 valence electrons. The van der Waals surface area contributed by atoms with Gasteiger partial charge in [0.2, 0.25) is 5.91 Å². The van der Waals surface area contributed by atoms with E-state index >= 15 is 0 Å². The van der Waals surface area contributed by atoms with Crippen molar-refractivity contribution in [2.24, 2.45) is 11.7 Å². The van der Waals surface area contributed by atoms with Crippen LogP contribution in [0.4, 0.5) is 5.69 Å². The molecule has 1 saturated heterocycles. The molecule has 0 radical (unpaired) electrons. The van der Waals surface area contributed by atoms with E-state index in [2.05, 4.69) is 43.1 Å². The number of nitrogens with one attached hydrogen (secondary N) is 1. The Bertz CT molecular complexity index is 507. The van der Waals surface area contributed by atoms with Crippen LogP contribution in [0, 0.1) is 5.92 Å². The highest BCUT2D eigenvalue weighted by Crippen LogP contribution is 2.23. The van der Waals surface area contributed by atoms with E-state index in [1.807, 2.05) is 12.1 Å². The molecule has 0 aromatic heterocycles. The van der Waals surface area contributed by atoms with Gasteiger partial charge >= 0.3 is 0 Å². The number of benzene rings is 1. The summed E-state index contributed by atoms with van der Waals surface area (Å²) >= 11 is 0. The first-order valence-corrected chi connectivity index (χ1v) is 8.35. The van der Waals surface area contributed by atoms with Gasteiger partial charge in [-0.1, -0.05) is 32.9 Å². The SMILES string of the molecule is CC(C)c1cccc(NC(=O)CN2CCCC(C)C2CN)c1.Cl. The topological polar surface area (TPSA) is 58.4 Å². The van der Waals surface area contributed by atoms with Gasteiger partial charge in [0.05, 0.1) is 6.54 Å². The predicted octanol–water partition coefficient (Wildman–Crippen LogP) is 3.23. The molecule has 2 rings (SSSR count). The monoisotopic (exact) mass is 339 g/mol. The summed E-state index contributed by atoms with van der Waals surface area (Å²) in [6.45, 7) is 8.55. The van der Waals surface area contributed by atoms with Crippen LogP contribution in [0.25, 0.3) is 0 Å². The zero-order valence-electron chi connectivity index (χ0n) is 14.4. The second kappa shape index (κ2) is 9.26. The summed E-state index contributed by atoms with van der Waals surface area (Å²) in [5, 5.41) is 3.02. The summed E-state index contributed by atoms with van der Waals surface area (Å²) in [6, 6.07) is 8.42. The molecule has 0 aliphatic carbocycles. The number of nitrogens with two attached hydrogens (primary N) is 1. The van der Waals surface area contributed by atoms with Gasteiger partial charge in [0.25, 0.3) is 0 Å². The fraction of sp³-hybridized carbons (Fsp3) is 0.611. The van der Waals surface area contributed by atoms with E-state index in [0.29, 0.717) is 31.0 Å². The first kappa shape index (κ1) is 19.9. The Morgan fingerprint density at radius 1 is 1.43 bits per heavy atom. The fourth-order valence-electron chi connectivity index (χ4n) is 3.27. The normalized spacial score (nSPS) is 21.8. The number of likely N-dealkylation sites (tertiary alicyclic amines) is 1. The first-order chi connectivity index (χ1) is 10.5. The summed E-state index contributed by atoms with van der Waals surface area (Å²) < 4.78 is 0. The number of carbonyl (C=O) groups excluding carboxylic acids is 1. The molecule has 0 bridgehead atoms. The summed E-state index contributed by atoms with van der Waals surface area (Å²) in [5.74, 6) is 1.07. The molecule has 2 atom stereocenters. The van der Waals surface area contributed by atoms with Crippen LogP contribution >= 0.6 is 12.4 Å². The maximum atomic E-state index is 12.3.